The van der Waals surface area contributed by atoms with Gasteiger partial charge in [0.25, 0.3) is 0 Å². The molecular formula is C15H26O3Si. The first-order chi connectivity index (χ1) is 9.22. The Balaban J connectivity index is 3.00. The van der Waals surface area contributed by atoms with Crippen molar-refractivity contribution in [2.75, 3.05) is 19.8 Å². The molecule has 0 saturated heterocycles. The molecule has 0 N–H and O–H groups in total. The van der Waals surface area contributed by atoms with E-state index >= 15 is 0 Å². The third-order valence-electron chi connectivity index (χ3n) is 2.85. The molecule has 0 aliphatic rings. The minimum atomic E-state index is -2.72. The first-order valence-electron chi connectivity index (χ1n) is 7.23. The van der Waals surface area contributed by atoms with Crippen molar-refractivity contribution in [3.05, 3.63) is 29.8 Å². The zero-order chi connectivity index (χ0) is 14.1. The van der Waals surface area contributed by atoms with Gasteiger partial charge in [-0.15, -0.1) is 0 Å². The van der Waals surface area contributed by atoms with E-state index in [4.69, 9.17) is 13.3 Å². The van der Waals surface area contributed by atoms with Crippen molar-refractivity contribution in [1.29, 1.82) is 0 Å². The van der Waals surface area contributed by atoms with Crippen LogP contribution in [0.3, 0.4) is 0 Å². The summed E-state index contributed by atoms with van der Waals surface area (Å²) in [7, 11) is -2.72. The molecule has 3 nitrogen and oxygen atoms in total. The fraction of sp³-hybridized carbons (Fsp3) is 0.600. The van der Waals surface area contributed by atoms with Crippen LogP contribution in [0.5, 0.6) is 0 Å². The molecule has 0 heterocycles. The fourth-order valence-electron chi connectivity index (χ4n) is 2.11. The van der Waals surface area contributed by atoms with Gasteiger partial charge in [-0.1, -0.05) is 37.6 Å². The molecule has 0 aliphatic carbocycles. The van der Waals surface area contributed by atoms with Crippen LogP contribution in [0.25, 0.3) is 0 Å². The molecule has 0 bridgehead atoms. The maximum atomic E-state index is 5.89. The van der Waals surface area contributed by atoms with Crippen LogP contribution in [0.2, 0.25) is 0 Å². The highest BCUT2D eigenvalue weighted by Gasteiger charge is 2.42. The van der Waals surface area contributed by atoms with Crippen LogP contribution >= 0.6 is 0 Å². The Labute approximate surface area is 118 Å². The molecule has 1 aromatic rings. The van der Waals surface area contributed by atoms with Gasteiger partial charge in [-0.2, -0.15) is 0 Å². The summed E-state index contributed by atoms with van der Waals surface area (Å²) in [4.78, 5) is 0. The van der Waals surface area contributed by atoms with E-state index in [1.165, 1.54) is 5.56 Å². The van der Waals surface area contributed by atoms with Gasteiger partial charge in [0, 0.05) is 25.0 Å². The predicted octanol–water partition coefficient (Wildman–Crippen LogP) is 2.89. The maximum absolute atomic E-state index is 5.89. The summed E-state index contributed by atoms with van der Waals surface area (Å²) in [6.07, 6.45) is 2.26. The Bertz CT molecular complexity index is 334. The van der Waals surface area contributed by atoms with Crippen molar-refractivity contribution < 1.29 is 13.3 Å². The molecule has 1 aromatic carbocycles. The highest BCUT2D eigenvalue weighted by Crippen LogP contribution is 2.12. The Hall–Kier alpha value is -0.683. The van der Waals surface area contributed by atoms with E-state index in [1.807, 2.05) is 20.8 Å². The van der Waals surface area contributed by atoms with Gasteiger partial charge in [0.2, 0.25) is 0 Å². The molecule has 19 heavy (non-hydrogen) atoms. The molecular weight excluding hydrogens is 256 g/mol. The van der Waals surface area contributed by atoms with E-state index < -0.39 is 8.80 Å². The minimum absolute atomic E-state index is 0.600. The number of benzene rings is 1. The Kier molecular flexibility index (Phi) is 7.31. The van der Waals surface area contributed by atoms with Crippen molar-refractivity contribution >= 4 is 14.0 Å². The normalized spacial score (nSPS) is 11.8. The number of aryl methyl sites for hydroxylation is 1. The number of hydrogen-bond donors (Lipinski definition) is 0. The SMILES string of the molecule is CCCc1ccc([Si](OCC)(OCC)OCC)cc1. The smallest absolute Gasteiger partial charge is 0.370 e. The van der Waals surface area contributed by atoms with Gasteiger partial charge in [-0.3, -0.25) is 0 Å². The first-order valence-corrected chi connectivity index (χ1v) is 8.96. The second-order valence-corrected chi connectivity index (χ2v) is 6.86. The third kappa shape index (κ3) is 4.42. The summed E-state index contributed by atoms with van der Waals surface area (Å²) >= 11 is 0. The molecule has 0 unspecified atom stereocenters. The van der Waals surface area contributed by atoms with Crippen molar-refractivity contribution in [3.63, 3.8) is 0 Å². The van der Waals surface area contributed by atoms with Crippen LogP contribution < -0.4 is 5.19 Å². The molecule has 4 heteroatoms. The van der Waals surface area contributed by atoms with E-state index in [2.05, 4.69) is 31.2 Å². The van der Waals surface area contributed by atoms with Gasteiger partial charge in [0.15, 0.2) is 0 Å². The lowest BCUT2D eigenvalue weighted by molar-refractivity contribution is 0.0859. The molecule has 108 valence electrons. The molecule has 1 rings (SSSR count). The third-order valence-corrected chi connectivity index (χ3v) is 5.90. The van der Waals surface area contributed by atoms with Crippen LogP contribution in [0.15, 0.2) is 24.3 Å². The minimum Gasteiger partial charge on any atom is -0.370 e. The molecule has 0 atom stereocenters. The lowest BCUT2D eigenvalue weighted by atomic mass is 10.1. The summed E-state index contributed by atoms with van der Waals surface area (Å²) in [5.41, 5.74) is 1.35. The van der Waals surface area contributed by atoms with E-state index in [-0.39, 0.29) is 0 Å². The van der Waals surface area contributed by atoms with E-state index in [1.54, 1.807) is 0 Å². The lowest BCUT2D eigenvalue weighted by Crippen LogP contribution is -2.56. The largest absolute Gasteiger partial charge is 0.537 e. The van der Waals surface area contributed by atoms with E-state index in [0.717, 1.165) is 18.0 Å². The summed E-state index contributed by atoms with van der Waals surface area (Å²) in [5.74, 6) is 0. The Morgan fingerprint density at radius 2 is 1.26 bits per heavy atom. The lowest BCUT2D eigenvalue weighted by Gasteiger charge is -2.28. The highest BCUT2D eigenvalue weighted by molar-refractivity contribution is 6.75. The predicted molar refractivity (Wildman–Crippen MR) is 80.7 cm³/mol. The van der Waals surface area contributed by atoms with Crippen molar-refractivity contribution in [3.8, 4) is 0 Å². The monoisotopic (exact) mass is 282 g/mol. The van der Waals surface area contributed by atoms with Crippen molar-refractivity contribution in [2.45, 2.75) is 40.5 Å². The van der Waals surface area contributed by atoms with Gasteiger partial charge in [-0.05, 0) is 32.8 Å². The zero-order valence-electron chi connectivity index (χ0n) is 12.6. The van der Waals surface area contributed by atoms with Crippen LogP contribution in [-0.4, -0.2) is 28.6 Å². The molecule has 0 amide bonds. The highest BCUT2D eigenvalue weighted by atomic mass is 28.4. The average molecular weight is 282 g/mol. The number of hydrogen-bond acceptors (Lipinski definition) is 3. The van der Waals surface area contributed by atoms with Crippen LogP contribution in [-0.2, 0) is 19.7 Å². The van der Waals surface area contributed by atoms with Crippen LogP contribution in [0, 0.1) is 0 Å². The van der Waals surface area contributed by atoms with E-state index in [0.29, 0.717) is 19.8 Å². The van der Waals surface area contributed by atoms with Gasteiger partial charge in [0.05, 0.1) is 0 Å². The van der Waals surface area contributed by atoms with Crippen LogP contribution in [0.1, 0.15) is 39.7 Å². The quantitative estimate of drug-likeness (QED) is 0.652. The number of rotatable bonds is 9. The standard InChI is InChI=1S/C15H26O3Si/c1-5-9-14-10-12-15(13-11-14)19(16-6-2,17-7-3)18-8-4/h10-13H,5-9H2,1-4H3. The van der Waals surface area contributed by atoms with Gasteiger partial charge < -0.3 is 13.3 Å². The maximum Gasteiger partial charge on any atom is 0.537 e. The Morgan fingerprint density at radius 3 is 1.63 bits per heavy atom. The van der Waals surface area contributed by atoms with Gasteiger partial charge in [-0.25, -0.2) is 0 Å². The first kappa shape index (κ1) is 16.4. The zero-order valence-corrected chi connectivity index (χ0v) is 13.6. The second-order valence-electron chi connectivity index (χ2n) is 4.30. The van der Waals surface area contributed by atoms with Gasteiger partial charge in [0.1, 0.15) is 0 Å². The molecule has 0 fully saturated rings. The molecule has 0 spiro atoms. The summed E-state index contributed by atoms with van der Waals surface area (Å²) < 4.78 is 17.7. The van der Waals surface area contributed by atoms with E-state index in [9.17, 15) is 0 Å². The topological polar surface area (TPSA) is 27.7 Å². The summed E-state index contributed by atoms with van der Waals surface area (Å²) in [5, 5.41) is 1.05. The molecule has 0 radical (unpaired) electrons. The summed E-state index contributed by atoms with van der Waals surface area (Å²) in [6.45, 7) is 9.92. The Morgan fingerprint density at radius 1 is 0.789 bits per heavy atom. The molecule has 0 saturated carbocycles. The fourth-order valence-corrected chi connectivity index (χ4v) is 4.57. The second kappa shape index (κ2) is 8.48. The van der Waals surface area contributed by atoms with Crippen molar-refractivity contribution in [1.82, 2.24) is 0 Å². The van der Waals surface area contributed by atoms with Crippen molar-refractivity contribution in [2.24, 2.45) is 0 Å². The van der Waals surface area contributed by atoms with Crippen LogP contribution in [0.4, 0.5) is 0 Å². The average Bonchev–Trinajstić information content (AvgIpc) is 2.41. The molecule has 0 aromatic heterocycles. The molecule has 0 aliphatic heterocycles. The van der Waals surface area contributed by atoms with Gasteiger partial charge >= 0.3 is 8.80 Å². The summed E-state index contributed by atoms with van der Waals surface area (Å²) in [6, 6.07) is 8.49.